The van der Waals surface area contributed by atoms with Crippen molar-refractivity contribution in [2.45, 2.75) is 31.2 Å². The van der Waals surface area contributed by atoms with Crippen LogP contribution in [-0.2, 0) is 14.6 Å². The van der Waals surface area contributed by atoms with Crippen LogP contribution >= 0.6 is 0 Å². The molecular formula is C13H21N3O3S. The van der Waals surface area contributed by atoms with Crippen molar-refractivity contribution in [3.8, 4) is 0 Å². The van der Waals surface area contributed by atoms with Crippen LogP contribution in [0.4, 0.5) is 11.4 Å². The number of hydrogen-bond acceptors (Lipinski definition) is 5. The molecule has 0 aliphatic heterocycles. The van der Waals surface area contributed by atoms with Gasteiger partial charge < -0.3 is 16.4 Å². The molecule has 0 saturated heterocycles. The number of hydrogen-bond donors (Lipinski definition) is 3. The van der Waals surface area contributed by atoms with E-state index in [-0.39, 0.29) is 16.5 Å². The monoisotopic (exact) mass is 299 g/mol. The second-order valence-corrected chi connectivity index (χ2v) is 6.63. The number of rotatable bonds is 6. The van der Waals surface area contributed by atoms with E-state index in [0.717, 1.165) is 12.7 Å². The van der Waals surface area contributed by atoms with Crippen LogP contribution in [0, 0.1) is 0 Å². The zero-order valence-electron chi connectivity index (χ0n) is 11.9. The number of amides is 1. The van der Waals surface area contributed by atoms with E-state index in [1.165, 1.54) is 6.07 Å². The number of sulfone groups is 1. The van der Waals surface area contributed by atoms with E-state index in [0.29, 0.717) is 12.2 Å². The molecule has 1 atom stereocenters. The van der Waals surface area contributed by atoms with Crippen LogP contribution < -0.4 is 16.4 Å². The largest absolute Gasteiger partial charge is 0.396 e. The molecule has 0 radical (unpaired) electrons. The highest BCUT2D eigenvalue weighted by Gasteiger charge is 2.17. The first kappa shape index (κ1) is 16.3. The van der Waals surface area contributed by atoms with E-state index in [9.17, 15) is 13.2 Å². The average molecular weight is 299 g/mol. The first-order valence-electron chi connectivity index (χ1n) is 6.40. The number of para-hydroxylation sites is 1. The Morgan fingerprint density at radius 1 is 1.40 bits per heavy atom. The number of carbonyl (C=O) groups is 1. The third-order valence-corrected chi connectivity index (χ3v) is 3.94. The van der Waals surface area contributed by atoms with Crippen LogP contribution in [0.5, 0.6) is 0 Å². The number of nitrogens with one attached hydrogen (secondary N) is 2. The molecule has 1 rings (SSSR count). The van der Waals surface area contributed by atoms with Crippen LogP contribution in [-0.4, -0.2) is 33.2 Å². The summed E-state index contributed by atoms with van der Waals surface area (Å²) in [5.41, 5.74) is 6.41. The van der Waals surface area contributed by atoms with E-state index in [1.807, 2.05) is 6.92 Å². The van der Waals surface area contributed by atoms with E-state index in [4.69, 9.17) is 5.73 Å². The number of nitrogen functional groups attached to an aromatic ring is 1. The lowest BCUT2D eigenvalue weighted by Crippen LogP contribution is -2.38. The van der Waals surface area contributed by atoms with Crippen molar-refractivity contribution in [2.24, 2.45) is 0 Å². The number of anilines is 2. The maximum Gasteiger partial charge on any atom is 0.242 e. The standard InChI is InChI=1S/C13H21N3O3S/c1-4-8-15-13(17)9(2)16-10-6-5-7-11(12(10)14)20(3,18)19/h5-7,9,16H,4,8,14H2,1-3H3,(H,15,17). The summed E-state index contributed by atoms with van der Waals surface area (Å²) in [6, 6.07) is 4.18. The second-order valence-electron chi connectivity index (χ2n) is 4.65. The summed E-state index contributed by atoms with van der Waals surface area (Å²) in [6.07, 6.45) is 1.95. The van der Waals surface area contributed by atoms with Gasteiger partial charge in [0, 0.05) is 12.8 Å². The lowest BCUT2D eigenvalue weighted by molar-refractivity contribution is -0.121. The Morgan fingerprint density at radius 2 is 2.05 bits per heavy atom. The highest BCUT2D eigenvalue weighted by Crippen LogP contribution is 2.26. The van der Waals surface area contributed by atoms with Gasteiger partial charge in [-0.2, -0.15) is 0 Å². The molecule has 0 fully saturated rings. The molecule has 0 aliphatic rings. The first-order chi connectivity index (χ1) is 9.27. The normalized spacial score (nSPS) is 12.8. The lowest BCUT2D eigenvalue weighted by Gasteiger charge is -2.17. The maximum atomic E-state index is 11.8. The van der Waals surface area contributed by atoms with E-state index >= 15 is 0 Å². The zero-order chi connectivity index (χ0) is 15.3. The van der Waals surface area contributed by atoms with Gasteiger partial charge in [0.15, 0.2) is 9.84 Å². The molecule has 0 spiro atoms. The van der Waals surface area contributed by atoms with Crippen molar-refractivity contribution < 1.29 is 13.2 Å². The number of carbonyl (C=O) groups excluding carboxylic acids is 1. The molecule has 6 nitrogen and oxygen atoms in total. The van der Waals surface area contributed by atoms with Gasteiger partial charge in [-0.3, -0.25) is 4.79 Å². The van der Waals surface area contributed by atoms with E-state index in [2.05, 4.69) is 10.6 Å². The number of benzene rings is 1. The van der Waals surface area contributed by atoms with Crippen molar-refractivity contribution >= 4 is 27.1 Å². The molecule has 0 saturated carbocycles. The third-order valence-electron chi connectivity index (χ3n) is 2.78. The van der Waals surface area contributed by atoms with Crippen LogP contribution in [0.1, 0.15) is 20.3 Å². The van der Waals surface area contributed by atoms with Crippen LogP contribution in [0.15, 0.2) is 23.1 Å². The van der Waals surface area contributed by atoms with Gasteiger partial charge in [0.25, 0.3) is 0 Å². The van der Waals surface area contributed by atoms with E-state index < -0.39 is 15.9 Å². The summed E-state index contributed by atoms with van der Waals surface area (Å²) in [5.74, 6) is -0.156. The smallest absolute Gasteiger partial charge is 0.242 e. The second kappa shape index (κ2) is 6.60. The summed E-state index contributed by atoms with van der Waals surface area (Å²) in [5, 5.41) is 5.69. The fraction of sp³-hybridized carbons (Fsp3) is 0.462. The molecule has 20 heavy (non-hydrogen) atoms. The molecule has 0 aromatic heterocycles. The molecule has 1 aromatic carbocycles. The molecule has 112 valence electrons. The van der Waals surface area contributed by atoms with Crippen molar-refractivity contribution in [3.63, 3.8) is 0 Å². The predicted octanol–water partition coefficient (Wildman–Crippen LogP) is 0.999. The van der Waals surface area contributed by atoms with Crippen molar-refractivity contribution in [2.75, 3.05) is 23.9 Å². The van der Waals surface area contributed by atoms with Gasteiger partial charge >= 0.3 is 0 Å². The minimum atomic E-state index is -3.39. The topological polar surface area (TPSA) is 101 Å². The molecule has 7 heteroatoms. The Bertz CT molecular complexity index is 585. The van der Waals surface area contributed by atoms with Crippen molar-refractivity contribution in [3.05, 3.63) is 18.2 Å². The lowest BCUT2D eigenvalue weighted by atomic mass is 10.2. The predicted molar refractivity (Wildman–Crippen MR) is 80.3 cm³/mol. The summed E-state index contributed by atoms with van der Waals surface area (Å²) in [6.45, 7) is 4.26. The van der Waals surface area contributed by atoms with Crippen molar-refractivity contribution in [1.82, 2.24) is 5.32 Å². The molecule has 1 unspecified atom stereocenters. The summed E-state index contributed by atoms with van der Waals surface area (Å²) in [4.78, 5) is 11.8. The fourth-order valence-corrected chi connectivity index (χ4v) is 2.53. The molecule has 1 aromatic rings. The SMILES string of the molecule is CCCNC(=O)C(C)Nc1cccc(S(C)(=O)=O)c1N. The van der Waals surface area contributed by atoms with Gasteiger partial charge in [-0.05, 0) is 25.5 Å². The quantitative estimate of drug-likeness (QED) is 0.680. The average Bonchev–Trinajstić information content (AvgIpc) is 2.36. The summed E-state index contributed by atoms with van der Waals surface area (Å²) in [7, 11) is -3.39. The van der Waals surface area contributed by atoms with Gasteiger partial charge in [-0.15, -0.1) is 0 Å². The molecule has 4 N–H and O–H groups in total. The van der Waals surface area contributed by atoms with Crippen LogP contribution in [0.2, 0.25) is 0 Å². The van der Waals surface area contributed by atoms with Gasteiger partial charge in [0.05, 0.1) is 16.3 Å². The molecular weight excluding hydrogens is 278 g/mol. The van der Waals surface area contributed by atoms with Gasteiger partial charge in [0.2, 0.25) is 5.91 Å². The summed E-state index contributed by atoms with van der Waals surface area (Å²) < 4.78 is 23.2. The third kappa shape index (κ3) is 4.12. The van der Waals surface area contributed by atoms with Crippen LogP contribution in [0.3, 0.4) is 0 Å². The first-order valence-corrected chi connectivity index (χ1v) is 8.29. The number of nitrogens with two attached hydrogens (primary N) is 1. The Balaban J connectivity index is 2.91. The molecule has 0 aliphatic carbocycles. The van der Waals surface area contributed by atoms with E-state index in [1.54, 1.807) is 19.1 Å². The highest BCUT2D eigenvalue weighted by atomic mass is 32.2. The molecule has 1 amide bonds. The Morgan fingerprint density at radius 3 is 2.60 bits per heavy atom. The Hall–Kier alpha value is -1.76. The maximum absolute atomic E-state index is 11.8. The molecule has 0 bridgehead atoms. The molecule has 0 heterocycles. The zero-order valence-corrected chi connectivity index (χ0v) is 12.8. The van der Waals surface area contributed by atoms with Crippen molar-refractivity contribution in [1.29, 1.82) is 0 Å². The summed E-state index contributed by atoms with van der Waals surface area (Å²) >= 11 is 0. The van der Waals surface area contributed by atoms with Gasteiger partial charge in [0.1, 0.15) is 6.04 Å². The minimum absolute atomic E-state index is 0.0590. The Kier molecular flexibility index (Phi) is 5.38. The van der Waals surface area contributed by atoms with Gasteiger partial charge in [-0.1, -0.05) is 13.0 Å². The highest BCUT2D eigenvalue weighted by molar-refractivity contribution is 7.90. The van der Waals surface area contributed by atoms with Gasteiger partial charge in [-0.25, -0.2) is 8.42 Å². The fourth-order valence-electron chi connectivity index (χ4n) is 1.69. The van der Waals surface area contributed by atoms with Crippen LogP contribution in [0.25, 0.3) is 0 Å². The Labute approximate surface area is 119 Å². The minimum Gasteiger partial charge on any atom is -0.396 e.